The number of nitrogens with zero attached hydrogens (tertiary/aromatic N) is 8. The first-order valence-corrected chi connectivity index (χ1v) is 20.0. The number of urea groups is 1. The van der Waals surface area contributed by atoms with Gasteiger partial charge in [-0.15, -0.1) is 0 Å². The molecule has 2 amide bonds. The van der Waals surface area contributed by atoms with Crippen LogP contribution < -0.4 is 31.3 Å². The molecule has 0 atom stereocenters. The summed E-state index contributed by atoms with van der Waals surface area (Å²) in [6.07, 6.45) is 3.70. The predicted molar refractivity (Wildman–Crippen MR) is 230 cm³/mol. The average Bonchev–Trinajstić information content (AvgIpc) is 3.19. The van der Waals surface area contributed by atoms with E-state index in [-0.39, 0.29) is 14.0 Å². The number of nitrogen functional groups attached to an aromatic ring is 1. The molecule has 0 bridgehead atoms. The van der Waals surface area contributed by atoms with E-state index in [1.807, 2.05) is 73.8 Å². The smallest absolute Gasteiger partial charge is 0.316 e. The van der Waals surface area contributed by atoms with E-state index in [0.717, 1.165) is 100 Å². The van der Waals surface area contributed by atoms with E-state index in [9.17, 15) is 9.90 Å². The van der Waals surface area contributed by atoms with Gasteiger partial charge in [-0.1, -0.05) is 67.3 Å². The van der Waals surface area contributed by atoms with E-state index in [1.165, 1.54) is 11.8 Å². The molecule has 2 aliphatic rings. The summed E-state index contributed by atoms with van der Waals surface area (Å²) in [7, 11) is 4.25. The second kappa shape index (κ2) is 20.9. The Morgan fingerprint density at radius 1 is 0.772 bits per heavy atom. The molecule has 7 rings (SSSR count). The van der Waals surface area contributed by atoms with Crippen LogP contribution in [0.3, 0.4) is 0 Å². The predicted octanol–water partition coefficient (Wildman–Crippen LogP) is 5.85. The number of aromatic nitrogens is 4. The molecule has 0 radical (unpaired) electrons. The lowest BCUT2D eigenvalue weighted by atomic mass is 10.1. The van der Waals surface area contributed by atoms with Gasteiger partial charge in [0.2, 0.25) is 17.8 Å². The number of anilines is 4. The Labute approximate surface area is 344 Å². The molecule has 0 spiro atoms. The normalized spacial score (nSPS) is 14.6. The minimum atomic E-state index is -0.613. The van der Waals surface area contributed by atoms with Crippen molar-refractivity contribution in [2.75, 3.05) is 87.3 Å². The van der Waals surface area contributed by atoms with Gasteiger partial charge < -0.3 is 46.2 Å². The van der Waals surface area contributed by atoms with Gasteiger partial charge >= 0.3 is 6.03 Å². The molecule has 2 saturated heterocycles. The number of hydrogen-bond donors (Lipinski definition) is 4. The molecular weight excluding hydrogens is 759 g/mol. The van der Waals surface area contributed by atoms with Gasteiger partial charge in [0, 0.05) is 79.7 Å². The molecular formula is C41H53N11O3S2. The highest BCUT2D eigenvalue weighted by Crippen LogP contribution is 2.36. The molecule has 0 aliphatic carbocycles. The quantitative estimate of drug-likeness (QED) is 0.117. The molecule has 5 aromatic rings. The van der Waals surface area contributed by atoms with Crippen LogP contribution in [0.4, 0.5) is 28.1 Å². The SMILES string of the molecule is C.CN1CCN(c2ncc(Sc3cccc(NC(N)=O)c3)c(OCc3ccc(CO)cc3)n2)CC1.Cc1nc(N2CCN(C)CC2)ncc1Sc1cccc(N)c1. The van der Waals surface area contributed by atoms with E-state index >= 15 is 0 Å². The lowest BCUT2D eigenvalue weighted by Crippen LogP contribution is -2.45. The number of nitrogens with one attached hydrogen (secondary N) is 1. The van der Waals surface area contributed by atoms with Crippen LogP contribution in [0.2, 0.25) is 0 Å². The van der Waals surface area contributed by atoms with E-state index < -0.39 is 6.03 Å². The Bertz CT molecular complexity index is 2060. The highest BCUT2D eigenvalue weighted by atomic mass is 32.2. The lowest BCUT2D eigenvalue weighted by Gasteiger charge is -2.32. The molecule has 2 fully saturated rings. The third-order valence-electron chi connectivity index (χ3n) is 9.20. The number of piperazine rings is 2. The minimum Gasteiger partial charge on any atom is -0.472 e. The summed E-state index contributed by atoms with van der Waals surface area (Å²) in [6.45, 7) is 10.1. The van der Waals surface area contributed by atoms with Crippen molar-refractivity contribution in [3.63, 3.8) is 0 Å². The van der Waals surface area contributed by atoms with Gasteiger partial charge in [0.25, 0.3) is 0 Å². The topological polar surface area (TPSA) is 175 Å². The second-order valence-corrected chi connectivity index (χ2v) is 15.8. The number of carbonyl (C=O) groups is 1. The van der Waals surface area contributed by atoms with E-state index in [0.29, 0.717) is 24.1 Å². The highest BCUT2D eigenvalue weighted by Gasteiger charge is 2.20. The summed E-state index contributed by atoms with van der Waals surface area (Å²) >= 11 is 3.10. The van der Waals surface area contributed by atoms with E-state index in [2.05, 4.69) is 60.0 Å². The maximum atomic E-state index is 11.2. The number of nitrogens with two attached hydrogens (primary N) is 2. The Hall–Kier alpha value is -5.13. The van der Waals surface area contributed by atoms with E-state index in [1.54, 1.807) is 24.0 Å². The number of rotatable bonds is 11. The minimum absolute atomic E-state index is 0. The van der Waals surface area contributed by atoms with Gasteiger partial charge in [-0.2, -0.15) is 4.98 Å². The number of primary amides is 1. The Morgan fingerprint density at radius 3 is 1.89 bits per heavy atom. The van der Waals surface area contributed by atoms with Gasteiger partial charge in [0.15, 0.2) is 0 Å². The maximum absolute atomic E-state index is 11.2. The number of benzene rings is 3. The molecule has 14 nitrogen and oxygen atoms in total. The van der Waals surface area contributed by atoms with Crippen molar-refractivity contribution in [1.82, 2.24) is 29.7 Å². The van der Waals surface area contributed by atoms with Crippen molar-refractivity contribution in [3.05, 3.63) is 102 Å². The van der Waals surface area contributed by atoms with Gasteiger partial charge in [-0.05, 0) is 68.5 Å². The van der Waals surface area contributed by atoms with Crippen LogP contribution in [0.25, 0.3) is 0 Å². The first kappa shape index (κ1) is 43.0. The van der Waals surface area contributed by atoms with Crippen molar-refractivity contribution in [3.8, 4) is 5.88 Å². The van der Waals surface area contributed by atoms with Crippen LogP contribution in [-0.4, -0.2) is 107 Å². The van der Waals surface area contributed by atoms with E-state index in [4.69, 9.17) is 21.2 Å². The lowest BCUT2D eigenvalue weighted by molar-refractivity contribution is 0.259. The van der Waals surface area contributed by atoms with Crippen LogP contribution in [-0.2, 0) is 13.2 Å². The fraction of sp³-hybridized carbons (Fsp3) is 0.341. The summed E-state index contributed by atoms with van der Waals surface area (Å²) in [5, 5.41) is 11.9. The summed E-state index contributed by atoms with van der Waals surface area (Å²) in [5.41, 5.74) is 15.3. The first-order valence-electron chi connectivity index (χ1n) is 18.4. The van der Waals surface area contributed by atoms with Crippen molar-refractivity contribution >= 4 is 52.8 Å². The first-order chi connectivity index (χ1) is 27.1. The third-order valence-corrected chi connectivity index (χ3v) is 11.3. The van der Waals surface area contributed by atoms with Gasteiger partial charge in [0.05, 0.1) is 28.3 Å². The monoisotopic (exact) mass is 811 g/mol. The molecule has 302 valence electrons. The van der Waals surface area contributed by atoms with Crippen molar-refractivity contribution in [2.24, 2.45) is 5.73 Å². The fourth-order valence-corrected chi connectivity index (χ4v) is 7.66. The molecule has 16 heteroatoms. The molecule has 57 heavy (non-hydrogen) atoms. The number of hydrogen-bond acceptors (Lipinski definition) is 14. The van der Waals surface area contributed by atoms with Crippen LogP contribution in [0, 0.1) is 6.92 Å². The van der Waals surface area contributed by atoms with Gasteiger partial charge in [-0.25, -0.2) is 19.7 Å². The van der Waals surface area contributed by atoms with Crippen LogP contribution in [0.5, 0.6) is 5.88 Å². The van der Waals surface area contributed by atoms with Crippen molar-refractivity contribution in [2.45, 2.75) is 47.1 Å². The number of ether oxygens (including phenoxy) is 1. The van der Waals surface area contributed by atoms with Crippen LogP contribution in [0.1, 0.15) is 24.2 Å². The zero-order valence-electron chi connectivity index (χ0n) is 32.0. The zero-order chi connectivity index (χ0) is 39.4. The Kier molecular flexibility index (Phi) is 15.7. The molecule has 0 unspecified atom stereocenters. The molecule has 3 aromatic carbocycles. The molecule has 2 aliphatic heterocycles. The van der Waals surface area contributed by atoms with Crippen LogP contribution >= 0.6 is 23.5 Å². The summed E-state index contributed by atoms with van der Waals surface area (Å²) in [6, 6.07) is 22.3. The second-order valence-electron chi connectivity index (χ2n) is 13.6. The van der Waals surface area contributed by atoms with Gasteiger partial charge in [-0.3, -0.25) is 0 Å². The van der Waals surface area contributed by atoms with Crippen LogP contribution in [0.15, 0.2) is 105 Å². The largest absolute Gasteiger partial charge is 0.472 e. The number of amides is 2. The molecule has 6 N–H and O–H groups in total. The molecule has 4 heterocycles. The third kappa shape index (κ3) is 12.7. The standard InChI is InChI=1S/C24H28N6O3S.C16H21N5S.CH4/c1-29-9-11-30(12-10-29)24-26-14-21(34-20-4-2-3-19(13-20)27-23(25)32)22(28-24)33-16-18-7-5-17(15-31)6-8-18;1-12-15(22-14-5-3-4-13(17)10-14)11-18-16(19-12)21-8-6-20(2)7-9-21;/h2-8,13-14,31H,9-12,15-16H2,1H3,(H3,25,27,32);3-5,10-11H,6-9,17H2,1-2H3;1H4. The van der Waals surface area contributed by atoms with Gasteiger partial charge in [0.1, 0.15) is 6.61 Å². The number of carbonyl (C=O) groups excluding carboxylic acids is 1. The average molecular weight is 812 g/mol. The number of aryl methyl sites for hydroxylation is 1. The zero-order valence-corrected chi connectivity index (χ0v) is 33.6. The number of likely N-dealkylation sites (N-methyl/N-ethyl adjacent to an activating group) is 2. The fourth-order valence-electron chi connectivity index (χ4n) is 5.89. The number of aliphatic hydroxyl groups is 1. The maximum Gasteiger partial charge on any atom is 0.316 e. The highest BCUT2D eigenvalue weighted by molar-refractivity contribution is 7.99. The van der Waals surface area contributed by atoms with Crippen molar-refractivity contribution < 1.29 is 14.6 Å². The molecule has 0 saturated carbocycles. The number of aliphatic hydroxyl groups excluding tert-OH is 1. The molecule has 2 aromatic heterocycles. The summed E-state index contributed by atoms with van der Waals surface area (Å²) < 4.78 is 6.16. The Morgan fingerprint density at radius 2 is 1.32 bits per heavy atom. The van der Waals surface area contributed by atoms with Crippen molar-refractivity contribution in [1.29, 1.82) is 0 Å². The summed E-state index contributed by atoms with van der Waals surface area (Å²) in [4.78, 5) is 42.7. The Balaban J connectivity index is 0.000000233. The summed E-state index contributed by atoms with van der Waals surface area (Å²) in [5.74, 6) is 1.98.